The summed E-state index contributed by atoms with van der Waals surface area (Å²) in [6, 6.07) is 2.10. The minimum atomic E-state index is -0.107. The van der Waals surface area contributed by atoms with Crippen molar-refractivity contribution in [3.63, 3.8) is 0 Å². The fourth-order valence-corrected chi connectivity index (χ4v) is 1.37. The summed E-state index contributed by atoms with van der Waals surface area (Å²) in [5.74, 6) is 1.46. The van der Waals surface area contributed by atoms with Crippen LogP contribution in [0.25, 0.3) is 0 Å². The molecule has 0 aromatic carbocycles. The summed E-state index contributed by atoms with van der Waals surface area (Å²) in [5, 5.41) is 13.0. The molecule has 1 atom stereocenters. The van der Waals surface area contributed by atoms with Crippen molar-refractivity contribution in [1.82, 2.24) is 19.7 Å². The monoisotopic (exact) mass is 221 g/mol. The van der Waals surface area contributed by atoms with Crippen LogP contribution in [0.15, 0.2) is 6.33 Å². The second-order valence-corrected chi connectivity index (χ2v) is 4.47. The van der Waals surface area contributed by atoms with Gasteiger partial charge in [-0.25, -0.2) is 9.67 Å². The van der Waals surface area contributed by atoms with E-state index < -0.39 is 0 Å². The number of hydrogen-bond acceptors (Lipinski definition) is 4. The molecule has 5 nitrogen and oxygen atoms in total. The fraction of sp³-hybridized carbons (Fsp3) is 0.727. The van der Waals surface area contributed by atoms with Gasteiger partial charge < -0.3 is 0 Å². The van der Waals surface area contributed by atoms with E-state index >= 15 is 0 Å². The van der Waals surface area contributed by atoms with E-state index in [4.69, 9.17) is 5.26 Å². The summed E-state index contributed by atoms with van der Waals surface area (Å²) in [6.45, 7) is 7.69. The van der Waals surface area contributed by atoms with Crippen LogP contribution in [0, 0.1) is 17.2 Å². The number of aromatic nitrogens is 3. The first-order valence-corrected chi connectivity index (χ1v) is 5.51. The molecular formula is C11H19N5. The first kappa shape index (κ1) is 12.7. The SMILES string of the molecule is CC(C)Cn1ncnc1CN(C)C(C)C#N. The van der Waals surface area contributed by atoms with Crippen molar-refractivity contribution in [3.8, 4) is 6.07 Å². The highest BCUT2D eigenvalue weighted by Gasteiger charge is 2.12. The predicted octanol–water partition coefficient (Wildman–Crippen LogP) is 1.28. The van der Waals surface area contributed by atoms with Gasteiger partial charge in [0, 0.05) is 6.54 Å². The largest absolute Gasteiger partial charge is 0.284 e. The number of nitriles is 1. The Bertz CT molecular complexity index is 363. The van der Waals surface area contributed by atoms with Crippen molar-refractivity contribution in [2.75, 3.05) is 7.05 Å². The van der Waals surface area contributed by atoms with Crippen LogP contribution in [-0.2, 0) is 13.1 Å². The first-order valence-electron chi connectivity index (χ1n) is 5.51. The molecule has 0 spiro atoms. The molecule has 0 saturated carbocycles. The molecule has 0 aliphatic rings. The molecule has 1 unspecified atom stereocenters. The highest BCUT2D eigenvalue weighted by molar-refractivity contribution is 4.91. The second-order valence-electron chi connectivity index (χ2n) is 4.47. The van der Waals surface area contributed by atoms with Gasteiger partial charge in [-0.2, -0.15) is 10.4 Å². The molecule has 0 fully saturated rings. The number of rotatable bonds is 5. The smallest absolute Gasteiger partial charge is 0.141 e. The molecule has 0 radical (unpaired) electrons. The van der Waals surface area contributed by atoms with E-state index in [-0.39, 0.29) is 6.04 Å². The van der Waals surface area contributed by atoms with E-state index in [1.165, 1.54) is 0 Å². The Morgan fingerprint density at radius 2 is 2.19 bits per heavy atom. The Morgan fingerprint density at radius 1 is 1.50 bits per heavy atom. The van der Waals surface area contributed by atoms with Crippen molar-refractivity contribution < 1.29 is 0 Å². The minimum absolute atomic E-state index is 0.107. The van der Waals surface area contributed by atoms with Gasteiger partial charge in [-0.3, -0.25) is 4.90 Å². The van der Waals surface area contributed by atoms with E-state index in [2.05, 4.69) is 30.0 Å². The summed E-state index contributed by atoms with van der Waals surface area (Å²) in [7, 11) is 1.92. The molecule has 1 heterocycles. The summed E-state index contributed by atoms with van der Waals surface area (Å²) in [5.41, 5.74) is 0. The van der Waals surface area contributed by atoms with Crippen LogP contribution in [-0.4, -0.2) is 32.8 Å². The molecule has 0 N–H and O–H groups in total. The maximum Gasteiger partial charge on any atom is 0.141 e. The standard InChI is InChI=1S/C11H19N5/c1-9(2)6-16-11(13-8-14-16)7-15(4)10(3)5-12/h8-10H,6-7H2,1-4H3. The molecular weight excluding hydrogens is 202 g/mol. The van der Waals surface area contributed by atoms with Crippen molar-refractivity contribution in [2.24, 2.45) is 5.92 Å². The van der Waals surface area contributed by atoms with E-state index in [9.17, 15) is 0 Å². The molecule has 0 amide bonds. The quantitative estimate of drug-likeness (QED) is 0.751. The van der Waals surface area contributed by atoms with Gasteiger partial charge in [0.1, 0.15) is 12.2 Å². The predicted molar refractivity (Wildman–Crippen MR) is 61.4 cm³/mol. The molecule has 16 heavy (non-hydrogen) atoms. The molecule has 0 saturated heterocycles. The van der Waals surface area contributed by atoms with E-state index in [1.807, 2.05) is 23.6 Å². The molecule has 1 aromatic heterocycles. The number of hydrogen-bond donors (Lipinski definition) is 0. The third kappa shape index (κ3) is 3.31. The van der Waals surface area contributed by atoms with Gasteiger partial charge in [0.25, 0.3) is 0 Å². The van der Waals surface area contributed by atoms with Gasteiger partial charge in [0.05, 0.1) is 18.7 Å². The third-order valence-corrected chi connectivity index (χ3v) is 2.47. The number of nitrogens with zero attached hydrogens (tertiary/aromatic N) is 5. The lowest BCUT2D eigenvalue weighted by Crippen LogP contribution is -2.29. The normalized spacial score (nSPS) is 13.1. The van der Waals surface area contributed by atoms with Crippen molar-refractivity contribution >= 4 is 0 Å². The van der Waals surface area contributed by atoms with Crippen LogP contribution in [0.4, 0.5) is 0 Å². The third-order valence-electron chi connectivity index (χ3n) is 2.47. The lowest BCUT2D eigenvalue weighted by Gasteiger charge is -2.18. The summed E-state index contributed by atoms with van der Waals surface area (Å²) >= 11 is 0. The maximum absolute atomic E-state index is 8.81. The van der Waals surface area contributed by atoms with Gasteiger partial charge in [0.15, 0.2) is 0 Å². The summed E-state index contributed by atoms with van der Waals surface area (Å²) in [4.78, 5) is 6.19. The highest BCUT2D eigenvalue weighted by atomic mass is 15.3. The van der Waals surface area contributed by atoms with Crippen LogP contribution in [0.1, 0.15) is 26.6 Å². The lowest BCUT2D eigenvalue weighted by atomic mass is 10.2. The summed E-state index contributed by atoms with van der Waals surface area (Å²) in [6.07, 6.45) is 1.57. The van der Waals surface area contributed by atoms with Gasteiger partial charge >= 0.3 is 0 Å². The zero-order valence-electron chi connectivity index (χ0n) is 10.4. The van der Waals surface area contributed by atoms with Crippen LogP contribution < -0.4 is 0 Å². The molecule has 0 bridgehead atoms. The lowest BCUT2D eigenvalue weighted by molar-refractivity contribution is 0.277. The van der Waals surface area contributed by atoms with Crippen LogP contribution in [0.5, 0.6) is 0 Å². The van der Waals surface area contributed by atoms with E-state index in [0.717, 1.165) is 12.4 Å². The molecule has 0 aliphatic heterocycles. The fourth-order valence-electron chi connectivity index (χ4n) is 1.37. The molecule has 0 aliphatic carbocycles. The minimum Gasteiger partial charge on any atom is -0.284 e. The van der Waals surface area contributed by atoms with E-state index in [1.54, 1.807) is 6.33 Å². The van der Waals surface area contributed by atoms with Crippen LogP contribution >= 0.6 is 0 Å². The second kappa shape index (κ2) is 5.61. The molecule has 5 heteroatoms. The summed E-state index contributed by atoms with van der Waals surface area (Å²) < 4.78 is 1.91. The Hall–Kier alpha value is -1.41. The van der Waals surface area contributed by atoms with Crippen LogP contribution in [0.3, 0.4) is 0 Å². The van der Waals surface area contributed by atoms with E-state index in [0.29, 0.717) is 12.5 Å². The van der Waals surface area contributed by atoms with Gasteiger partial charge in [-0.15, -0.1) is 0 Å². The van der Waals surface area contributed by atoms with Crippen LogP contribution in [0.2, 0.25) is 0 Å². The first-order chi connectivity index (χ1) is 7.54. The molecule has 88 valence electrons. The Kier molecular flexibility index (Phi) is 4.44. The average Bonchev–Trinajstić information content (AvgIpc) is 2.63. The average molecular weight is 221 g/mol. The van der Waals surface area contributed by atoms with Crippen molar-refractivity contribution in [2.45, 2.75) is 39.9 Å². The van der Waals surface area contributed by atoms with Crippen molar-refractivity contribution in [3.05, 3.63) is 12.2 Å². The molecule has 1 rings (SSSR count). The maximum atomic E-state index is 8.81. The Morgan fingerprint density at radius 3 is 2.75 bits per heavy atom. The highest BCUT2D eigenvalue weighted by Crippen LogP contribution is 2.05. The Balaban J connectivity index is 2.67. The van der Waals surface area contributed by atoms with Gasteiger partial charge in [-0.1, -0.05) is 13.8 Å². The topological polar surface area (TPSA) is 57.7 Å². The van der Waals surface area contributed by atoms with Gasteiger partial charge in [0.2, 0.25) is 0 Å². The molecule has 1 aromatic rings. The van der Waals surface area contributed by atoms with Gasteiger partial charge in [-0.05, 0) is 19.9 Å². The zero-order chi connectivity index (χ0) is 12.1. The zero-order valence-corrected chi connectivity index (χ0v) is 10.4. The van der Waals surface area contributed by atoms with Crippen molar-refractivity contribution in [1.29, 1.82) is 5.26 Å². The Labute approximate surface area is 96.7 Å².